The number of rotatable bonds is 8. The Hall–Kier alpha value is -2.38. The third-order valence-corrected chi connectivity index (χ3v) is 5.00. The zero-order valence-electron chi connectivity index (χ0n) is 15.7. The van der Waals surface area contributed by atoms with E-state index < -0.39 is 9.84 Å². The van der Waals surface area contributed by atoms with Crippen LogP contribution in [0.1, 0.15) is 22.6 Å². The summed E-state index contributed by atoms with van der Waals surface area (Å²) in [5.74, 6) is 0.677. The number of sulfone groups is 1. The molecule has 0 aromatic heterocycles. The minimum absolute atomic E-state index is 0.0139. The molecule has 0 aliphatic rings. The molecule has 0 saturated carbocycles. The lowest BCUT2D eigenvalue weighted by Crippen LogP contribution is -2.39. The maximum Gasteiger partial charge on any atom is 0.191 e. The van der Waals surface area contributed by atoms with E-state index in [9.17, 15) is 13.5 Å². The first-order chi connectivity index (χ1) is 12.9. The topological polar surface area (TPSA) is 90.8 Å². The van der Waals surface area contributed by atoms with Gasteiger partial charge in [-0.3, -0.25) is 4.99 Å². The standard InChI is InChI=1S/C20H27N3O3S/c1-21-20(23-13-19(14-24)18-6-4-3-5-7-18)22-12-16-8-10-17(11-9-16)15-27(2,25)26/h3-11,19,24H,12-15H2,1-2H3,(H2,21,22,23). The van der Waals surface area contributed by atoms with Crippen molar-refractivity contribution in [1.82, 2.24) is 10.6 Å². The van der Waals surface area contributed by atoms with E-state index >= 15 is 0 Å². The first-order valence-electron chi connectivity index (χ1n) is 8.77. The molecule has 6 nitrogen and oxygen atoms in total. The molecule has 2 aromatic rings. The maximum absolute atomic E-state index is 11.3. The number of guanidine groups is 1. The number of nitrogens with zero attached hydrogens (tertiary/aromatic N) is 1. The molecular formula is C20H27N3O3S. The van der Waals surface area contributed by atoms with Gasteiger partial charge in [-0.1, -0.05) is 54.6 Å². The molecule has 0 aliphatic carbocycles. The zero-order chi connectivity index (χ0) is 19.7. The largest absolute Gasteiger partial charge is 0.396 e. The molecule has 0 aliphatic heterocycles. The lowest BCUT2D eigenvalue weighted by Gasteiger charge is -2.18. The van der Waals surface area contributed by atoms with Crippen LogP contribution in [-0.4, -0.2) is 45.9 Å². The van der Waals surface area contributed by atoms with Crippen LogP contribution >= 0.6 is 0 Å². The smallest absolute Gasteiger partial charge is 0.191 e. The molecule has 0 fully saturated rings. The number of nitrogens with one attached hydrogen (secondary N) is 2. The van der Waals surface area contributed by atoms with Gasteiger partial charge in [-0.15, -0.1) is 0 Å². The number of aliphatic hydroxyl groups excluding tert-OH is 1. The second kappa shape index (κ2) is 10.1. The maximum atomic E-state index is 11.3. The van der Waals surface area contributed by atoms with E-state index in [4.69, 9.17) is 0 Å². The Morgan fingerprint density at radius 3 is 2.22 bits per heavy atom. The molecule has 2 rings (SSSR count). The summed E-state index contributed by atoms with van der Waals surface area (Å²) in [6.07, 6.45) is 1.23. The molecule has 3 N–H and O–H groups in total. The Kier molecular flexibility index (Phi) is 7.82. The van der Waals surface area contributed by atoms with Crippen molar-refractivity contribution in [2.45, 2.75) is 18.2 Å². The average molecular weight is 390 g/mol. The lowest BCUT2D eigenvalue weighted by atomic mass is 10.0. The molecule has 0 amide bonds. The quantitative estimate of drug-likeness (QED) is 0.472. The van der Waals surface area contributed by atoms with Crippen LogP contribution in [0.4, 0.5) is 0 Å². The highest BCUT2D eigenvalue weighted by atomic mass is 32.2. The molecular weight excluding hydrogens is 362 g/mol. The second-order valence-corrected chi connectivity index (χ2v) is 8.62. The first kappa shape index (κ1) is 20.9. The molecule has 0 heterocycles. The molecule has 146 valence electrons. The SMILES string of the molecule is CN=C(NCc1ccc(CS(C)(=O)=O)cc1)NCC(CO)c1ccccc1. The number of hydrogen-bond acceptors (Lipinski definition) is 4. The summed E-state index contributed by atoms with van der Waals surface area (Å²) >= 11 is 0. The van der Waals surface area contributed by atoms with Gasteiger partial charge in [-0.05, 0) is 16.7 Å². The summed E-state index contributed by atoms with van der Waals surface area (Å²) in [6, 6.07) is 17.3. The van der Waals surface area contributed by atoms with E-state index in [1.807, 2.05) is 54.6 Å². The van der Waals surface area contributed by atoms with Crippen molar-refractivity contribution in [3.05, 3.63) is 71.3 Å². The second-order valence-electron chi connectivity index (χ2n) is 6.48. The number of benzene rings is 2. The van der Waals surface area contributed by atoms with Crippen LogP contribution in [-0.2, 0) is 22.1 Å². The summed E-state index contributed by atoms with van der Waals surface area (Å²) in [6.45, 7) is 1.18. The van der Waals surface area contributed by atoms with Crippen molar-refractivity contribution < 1.29 is 13.5 Å². The van der Waals surface area contributed by atoms with Gasteiger partial charge in [-0.25, -0.2) is 8.42 Å². The van der Waals surface area contributed by atoms with Gasteiger partial charge >= 0.3 is 0 Å². The Bertz CT molecular complexity index is 835. The van der Waals surface area contributed by atoms with E-state index in [1.54, 1.807) is 7.05 Å². The Morgan fingerprint density at radius 2 is 1.67 bits per heavy atom. The van der Waals surface area contributed by atoms with E-state index in [0.29, 0.717) is 19.0 Å². The van der Waals surface area contributed by atoms with Gasteiger partial charge in [0.2, 0.25) is 0 Å². The van der Waals surface area contributed by atoms with Crippen LogP contribution in [0.3, 0.4) is 0 Å². The minimum Gasteiger partial charge on any atom is -0.396 e. The lowest BCUT2D eigenvalue weighted by molar-refractivity contribution is 0.265. The fraction of sp³-hybridized carbons (Fsp3) is 0.350. The third-order valence-electron chi connectivity index (χ3n) is 4.14. The summed E-state index contributed by atoms with van der Waals surface area (Å²) in [7, 11) is -1.33. The van der Waals surface area contributed by atoms with Crippen molar-refractivity contribution in [1.29, 1.82) is 0 Å². The molecule has 27 heavy (non-hydrogen) atoms. The van der Waals surface area contributed by atoms with E-state index in [0.717, 1.165) is 16.7 Å². The average Bonchev–Trinajstić information content (AvgIpc) is 2.65. The molecule has 2 aromatic carbocycles. The van der Waals surface area contributed by atoms with Gasteiger partial charge in [0.15, 0.2) is 15.8 Å². The summed E-state index contributed by atoms with van der Waals surface area (Å²) < 4.78 is 22.7. The molecule has 0 spiro atoms. The van der Waals surface area contributed by atoms with Crippen molar-refractivity contribution in [2.75, 3.05) is 26.5 Å². The van der Waals surface area contributed by atoms with Gasteiger partial charge in [-0.2, -0.15) is 0 Å². The van der Waals surface area contributed by atoms with E-state index in [1.165, 1.54) is 6.26 Å². The molecule has 7 heteroatoms. The minimum atomic E-state index is -3.03. The molecule has 1 unspecified atom stereocenters. The van der Waals surface area contributed by atoms with Crippen LogP contribution in [0, 0.1) is 0 Å². The van der Waals surface area contributed by atoms with Crippen LogP contribution in [0.2, 0.25) is 0 Å². The fourth-order valence-corrected chi connectivity index (χ4v) is 3.49. The third kappa shape index (κ3) is 7.40. The first-order valence-corrected chi connectivity index (χ1v) is 10.8. The summed E-state index contributed by atoms with van der Waals surface area (Å²) in [5.41, 5.74) is 2.87. The van der Waals surface area contributed by atoms with Gasteiger partial charge in [0, 0.05) is 32.3 Å². The van der Waals surface area contributed by atoms with Crippen LogP contribution in [0.5, 0.6) is 0 Å². The number of hydrogen-bond donors (Lipinski definition) is 3. The summed E-state index contributed by atoms with van der Waals surface area (Å²) in [5, 5.41) is 16.1. The molecule has 1 atom stereocenters. The Morgan fingerprint density at radius 1 is 1.04 bits per heavy atom. The number of aliphatic imine (C=N–C) groups is 1. The van der Waals surface area contributed by atoms with Gasteiger partial charge in [0.05, 0.1) is 12.4 Å². The Balaban J connectivity index is 1.86. The van der Waals surface area contributed by atoms with E-state index in [2.05, 4.69) is 15.6 Å². The van der Waals surface area contributed by atoms with Crippen molar-refractivity contribution in [3.8, 4) is 0 Å². The van der Waals surface area contributed by atoms with Crippen molar-refractivity contribution in [3.63, 3.8) is 0 Å². The number of aliphatic hydroxyl groups is 1. The van der Waals surface area contributed by atoms with Gasteiger partial charge < -0.3 is 15.7 Å². The highest BCUT2D eigenvalue weighted by molar-refractivity contribution is 7.89. The fourth-order valence-electron chi connectivity index (χ4n) is 2.70. The van der Waals surface area contributed by atoms with Crippen LogP contribution < -0.4 is 10.6 Å². The van der Waals surface area contributed by atoms with Gasteiger partial charge in [0.25, 0.3) is 0 Å². The normalized spacial score (nSPS) is 13.2. The van der Waals surface area contributed by atoms with Crippen LogP contribution in [0.25, 0.3) is 0 Å². The van der Waals surface area contributed by atoms with Crippen molar-refractivity contribution >= 4 is 15.8 Å². The molecule has 0 bridgehead atoms. The predicted molar refractivity (Wildman–Crippen MR) is 109 cm³/mol. The highest BCUT2D eigenvalue weighted by Gasteiger charge is 2.11. The molecule has 0 radical (unpaired) electrons. The molecule has 0 saturated heterocycles. The van der Waals surface area contributed by atoms with Gasteiger partial charge in [0.1, 0.15) is 0 Å². The zero-order valence-corrected chi connectivity index (χ0v) is 16.5. The Labute approximate surface area is 161 Å². The van der Waals surface area contributed by atoms with Crippen molar-refractivity contribution in [2.24, 2.45) is 4.99 Å². The van der Waals surface area contributed by atoms with E-state index in [-0.39, 0.29) is 18.3 Å². The highest BCUT2D eigenvalue weighted by Crippen LogP contribution is 2.13. The van der Waals surface area contributed by atoms with Crippen LogP contribution in [0.15, 0.2) is 59.6 Å². The predicted octanol–water partition coefficient (Wildman–Crippen LogP) is 1.67. The monoisotopic (exact) mass is 389 g/mol. The summed E-state index contributed by atoms with van der Waals surface area (Å²) in [4.78, 5) is 4.20.